The molecule has 5 nitrogen and oxygen atoms in total. The van der Waals surface area contributed by atoms with Crippen LogP contribution in [0, 0.1) is 34.6 Å². The fraction of sp³-hybridized carbons (Fsp3) is 0.391. The summed E-state index contributed by atoms with van der Waals surface area (Å²) in [5.74, 6) is 0.945. The molecule has 29 heavy (non-hydrogen) atoms. The molecular weight excluding hydrogens is 382 g/mol. The van der Waals surface area contributed by atoms with Gasteiger partial charge in [0.2, 0.25) is 0 Å². The third kappa shape index (κ3) is 4.53. The summed E-state index contributed by atoms with van der Waals surface area (Å²) >= 11 is 1.46. The van der Waals surface area contributed by atoms with Crippen molar-refractivity contribution in [1.82, 2.24) is 14.7 Å². The number of rotatable bonds is 6. The number of carbonyl (C=O) groups excluding carboxylic acids is 1. The number of amides is 1. The van der Waals surface area contributed by atoms with Gasteiger partial charge in [0.05, 0.1) is 10.6 Å². The molecule has 0 aliphatic heterocycles. The van der Waals surface area contributed by atoms with Gasteiger partial charge in [0.1, 0.15) is 12.4 Å². The highest BCUT2D eigenvalue weighted by Crippen LogP contribution is 2.26. The van der Waals surface area contributed by atoms with Crippen molar-refractivity contribution in [2.75, 3.05) is 7.05 Å². The van der Waals surface area contributed by atoms with Crippen molar-refractivity contribution < 1.29 is 9.53 Å². The third-order valence-electron chi connectivity index (χ3n) is 5.25. The lowest BCUT2D eigenvalue weighted by Gasteiger charge is -2.16. The molecule has 3 aromatic rings. The third-order valence-corrected chi connectivity index (χ3v) is 6.22. The molecule has 0 spiro atoms. The number of ether oxygens (including phenoxy) is 1. The Kier molecular flexibility index (Phi) is 6.13. The van der Waals surface area contributed by atoms with Gasteiger partial charge in [-0.2, -0.15) is 5.10 Å². The molecule has 0 aliphatic rings. The Hall–Kier alpha value is -2.60. The summed E-state index contributed by atoms with van der Waals surface area (Å²) in [6, 6.07) is 6.19. The second kappa shape index (κ2) is 8.41. The first kappa shape index (κ1) is 21.1. The molecule has 0 atom stereocenters. The Morgan fingerprint density at radius 3 is 2.38 bits per heavy atom. The van der Waals surface area contributed by atoms with Crippen LogP contribution >= 0.6 is 11.3 Å². The topological polar surface area (TPSA) is 47.4 Å². The van der Waals surface area contributed by atoms with Gasteiger partial charge in [-0.3, -0.25) is 9.48 Å². The van der Waals surface area contributed by atoms with Gasteiger partial charge in [-0.25, -0.2) is 0 Å². The number of aromatic nitrogens is 2. The lowest BCUT2D eigenvalue weighted by atomic mass is 10.1. The van der Waals surface area contributed by atoms with Crippen molar-refractivity contribution in [3.63, 3.8) is 0 Å². The van der Waals surface area contributed by atoms with Gasteiger partial charge in [-0.15, -0.1) is 11.3 Å². The minimum Gasteiger partial charge on any atom is -0.488 e. The molecular formula is C23H29N3O2S. The molecule has 2 heterocycles. The zero-order chi connectivity index (χ0) is 21.3. The van der Waals surface area contributed by atoms with Crippen LogP contribution in [0.5, 0.6) is 5.75 Å². The van der Waals surface area contributed by atoms with Gasteiger partial charge >= 0.3 is 0 Å². The first-order chi connectivity index (χ1) is 13.7. The normalized spacial score (nSPS) is 11.0. The Balaban J connectivity index is 1.67. The summed E-state index contributed by atoms with van der Waals surface area (Å²) in [6.07, 6.45) is 0. The average molecular weight is 412 g/mol. The van der Waals surface area contributed by atoms with Crippen LogP contribution in [0.15, 0.2) is 23.6 Å². The van der Waals surface area contributed by atoms with Crippen molar-refractivity contribution in [1.29, 1.82) is 0 Å². The lowest BCUT2D eigenvalue weighted by molar-refractivity contribution is 0.0789. The van der Waals surface area contributed by atoms with Gasteiger partial charge < -0.3 is 9.64 Å². The number of nitrogens with zero attached hydrogens (tertiary/aromatic N) is 3. The molecule has 0 fully saturated rings. The van der Waals surface area contributed by atoms with Gasteiger partial charge in [-0.1, -0.05) is 17.7 Å². The highest BCUT2D eigenvalue weighted by Gasteiger charge is 2.18. The van der Waals surface area contributed by atoms with Gasteiger partial charge in [0.15, 0.2) is 0 Å². The summed E-state index contributed by atoms with van der Waals surface area (Å²) in [5.41, 5.74) is 7.68. The Morgan fingerprint density at radius 2 is 1.79 bits per heavy atom. The second-order valence-corrected chi connectivity index (χ2v) is 8.68. The molecule has 0 bridgehead atoms. The monoisotopic (exact) mass is 411 g/mol. The Bertz CT molecular complexity index is 1030. The minimum absolute atomic E-state index is 0.0200. The molecule has 0 saturated heterocycles. The van der Waals surface area contributed by atoms with Gasteiger partial charge in [-0.05, 0) is 57.2 Å². The summed E-state index contributed by atoms with van der Waals surface area (Å²) in [5, 5.41) is 6.44. The maximum atomic E-state index is 12.9. The number of benzene rings is 1. The van der Waals surface area contributed by atoms with Gasteiger partial charge in [0, 0.05) is 37.5 Å². The zero-order valence-electron chi connectivity index (χ0n) is 18.3. The van der Waals surface area contributed by atoms with Crippen LogP contribution < -0.4 is 4.74 Å². The largest absolute Gasteiger partial charge is 0.488 e. The van der Waals surface area contributed by atoms with E-state index in [1.54, 1.807) is 4.90 Å². The summed E-state index contributed by atoms with van der Waals surface area (Å²) in [7, 11) is 3.76. The van der Waals surface area contributed by atoms with E-state index in [9.17, 15) is 4.79 Å². The molecule has 1 aromatic carbocycles. The van der Waals surface area contributed by atoms with Crippen molar-refractivity contribution >= 4 is 17.2 Å². The van der Waals surface area contributed by atoms with Crippen LogP contribution in [0.3, 0.4) is 0 Å². The van der Waals surface area contributed by atoms with E-state index in [0.717, 1.165) is 44.3 Å². The lowest BCUT2D eigenvalue weighted by Crippen LogP contribution is -2.26. The molecule has 0 N–H and O–H groups in total. The van der Waals surface area contributed by atoms with E-state index in [2.05, 4.69) is 38.0 Å². The second-order valence-electron chi connectivity index (χ2n) is 7.77. The highest BCUT2D eigenvalue weighted by molar-refractivity contribution is 7.12. The van der Waals surface area contributed by atoms with Crippen LogP contribution in [0.4, 0.5) is 0 Å². The maximum absolute atomic E-state index is 12.9. The molecule has 2 aromatic heterocycles. The van der Waals surface area contributed by atoms with E-state index in [1.807, 2.05) is 44.1 Å². The number of aryl methyl sites for hydroxylation is 5. The van der Waals surface area contributed by atoms with Gasteiger partial charge in [0.25, 0.3) is 5.91 Å². The number of carbonyl (C=O) groups is 1. The van der Waals surface area contributed by atoms with Crippen LogP contribution in [-0.2, 0) is 20.2 Å². The minimum atomic E-state index is 0.0200. The fourth-order valence-corrected chi connectivity index (χ4v) is 4.55. The predicted octanol–water partition coefficient (Wildman–Crippen LogP) is 4.87. The maximum Gasteiger partial charge on any atom is 0.263 e. The highest BCUT2D eigenvalue weighted by atomic mass is 32.1. The van der Waals surface area contributed by atoms with E-state index in [1.165, 1.54) is 16.9 Å². The van der Waals surface area contributed by atoms with Crippen LogP contribution in [0.2, 0.25) is 0 Å². The molecule has 0 aliphatic carbocycles. The van der Waals surface area contributed by atoms with E-state index < -0.39 is 0 Å². The van der Waals surface area contributed by atoms with Crippen molar-refractivity contribution in [2.45, 2.75) is 47.8 Å². The first-order valence-electron chi connectivity index (χ1n) is 9.70. The molecule has 1 amide bonds. The quantitative estimate of drug-likeness (QED) is 0.581. The zero-order valence-corrected chi connectivity index (χ0v) is 19.1. The van der Waals surface area contributed by atoms with Crippen LogP contribution in [0.1, 0.15) is 48.9 Å². The number of hydrogen-bond donors (Lipinski definition) is 0. The standard InChI is InChI=1S/C23H29N3O2S/c1-14-8-15(2)22(16(3)9-14)28-12-19-10-21(29-13-19)23(27)25(6)11-20-17(4)24-26(7)18(20)5/h8-10,13H,11-12H2,1-7H3. The summed E-state index contributed by atoms with van der Waals surface area (Å²) in [6.45, 7) is 11.2. The Morgan fingerprint density at radius 1 is 1.14 bits per heavy atom. The molecule has 0 unspecified atom stereocenters. The smallest absolute Gasteiger partial charge is 0.263 e. The Labute approximate surface area is 176 Å². The van der Waals surface area contributed by atoms with Crippen molar-refractivity contribution in [3.8, 4) is 5.75 Å². The molecule has 3 rings (SSSR count). The van der Waals surface area contributed by atoms with E-state index >= 15 is 0 Å². The van der Waals surface area contributed by atoms with E-state index in [0.29, 0.717) is 13.2 Å². The van der Waals surface area contributed by atoms with Crippen LogP contribution in [0.25, 0.3) is 0 Å². The average Bonchev–Trinajstić information content (AvgIpc) is 3.20. The van der Waals surface area contributed by atoms with E-state index in [-0.39, 0.29) is 5.91 Å². The van der Waals surface area contributed by atoms with E-state index in [4.69, 9.17) is 4.74 Å². The predicted molar refractivity (Wildman–Crippen MR) is 118 cm³/mol. The van der Waals surface area contributed by atoms with Crippen molar-refractivity contribution in [2.24, 2.45) is 7.05 Å². The first-order valence-corrected chi connectivity index (χ1v) is 10.6. The van der Waals surface area contributed by atoms with Crippen LogP contribution in [-0.4, -0.2) is 27.6 Å². The molecule has 6 heteroatoms. The molecule has 0 saturated carbocycles. The fourth-order valence-electron chi connectivity index (χ4n) is 3.66. The number of hydrogen-bond acceptors (Lipinski definition) is 4. The van der Waals surface area contributed by atoms with Crippen molar-refractivity contribution in [3.05, 3.63) is 67.7 Å². The summed E-state index contributed by atoms with van der Waals surface area (Å²) in [4.78, 5) is 15.4. The molecule has 0 radical (unpaired) electrons. The number of thiophene rings is 1. The summed E-state index contributed by atoms with van der Waals surface area (Å²) < 4.78 is 7.92. The SMILES string of the molecule is Cc1cc(C)c(OCc2csc(C(=O)N(C)Cc3c(C)nn(C)c3C)c2)c(C)c1. The molecule has 154 valence electrons.